The van der Waals surface area contributed by atoms with Gasteiger partial charge in [-0.2, -0.15) is 0 Å². The van der Waals surface area contributed by atoms with E-state index in [4.69, 9.17) is 5.73 Å². The second-order valence-electron chi connectivity index (χ2n) is 4.88. The fourth-order valence-corrected chi connectivity index (χ4v) is 2.44. The topological polar surface area (TPSA) is 46.3 Å². The molecular formula is C14H18F2N2O. The largest absolute Gasteiger partial charge is 0.342 e. The van der Waals surface area contributed by atoms with Crippen LogP contribution in [-0.4, -0.2) is 30.4 Å². The number of amides is 1. The third kappa shape index (κ3) is 3.10. The summed E-state index contributed by atoms with van der Waals surface area (Å²) in [4.78, 5) is 14.0. The van der Waals surface area contributed by atoms with E-state index in [9.17, 15) is 13.6 Å². The molecule has 0 saturated carbocycles. The Bertz CT molecular complexity index is 459. The predicted molar refractivity (Wildman–Crippen MR) is 68.4 cm³/mol. The zero-order chi connectivity index (χ0) is 13.8. The number of hydrogen-bond acceptors (Lipinski definition) is 2. The first kappa shape index (κ1) is 13.9. The molecule has 1 unspecified atom stereocenters. The fourth-order valence-electron chi connectivity index (χ4n) is 2.44. The van der Waals surface area contributed by atoms with Gasteiger partial charge in [0.1, 0.15) is 0 Å². The van der Waals surface area contributed by atoms with E-state index in [1.54, 1.807) is 4.90 Å². The molecule has 2 N–H and O–H groups in total. The number of hydrogen-bond donors (Lipinski definition) is 1. The van der Waals surface area contributed by atoms with E-state index in [-0.39, 0.29) is 24.4 Å². The molecule has 1 aliphatic rings. The molecule has 1 saturated heterocycles. The molecule has 0 bridgehead atoms. The Balaban J connectivity index is 2.10. The standard InChI is InChI=1S/C14H18F2N2O/c15-12-5-3-4-10(13(12)16)8-11(9-17)14(19)18-6-1-2-7-18/h3-5,11H,1-2,6-9,17H2. The minimum atomic E-state index is -0.887. The van der Waals surface area contributed by atoms with E-state index in [1.165, 1.54) is 12.1 Å². The van der Waals surface area contributed by atoms with Gasteiger partial charge >= 0.3 is 0 Å². The number of rotatable bonds is 4. The third-order valence-corrected chi connectivity index (χ3v) is 3.55. The average molecular weight is 268 g/mol. The van der Waals surface area contributed by atoms with E-state index < -0.39 is 17.6 Å². The van der Waals surface area contributed by atoms with Gasteiger partial charge in [-0.05, 0) is 30.9 Å². The lowest BCUT2D eigenvalue weighted by molar-refractivity contribution is -0.134. The number of nitrogens with two attached hydrogens (primary N) is 1. The molecule has 2 rings (SSSR count). The van der Waals surface area contributed by atoms with Crippen molar-refractivity contribution in [2.45, 2.75) is 19.3 Å². The molecule has 19 heavy (non-hydrogen) atoms. The van der Waals surface area contributed by atoms with Gasteiger partial charge in [-0.3, -0.25) is 4.79 Å². The van der Waals surface area contributed by atoms with Crippen molar-refractivity contribution < 1.29 is 13.6 Å². The molecule has 104 valence electrons. The lowest BCUT2D eigenvalue weighted by atomic mass is 9.97. The summed E-state index contributed by atoms with van der Waals surface area (Å²) in [5.41, 5.74) is 5.82. The summed E-state index contributed by atoms with van der Waals surface area (Å²) >= 11 is 0. The van der Waals surface area contributed by atoms with E-state index in [0.29, 0.717) is 0 Å². The van der Waals surface area contributed by atoms with Gasteiger partial charge in [-0.25, -0.2) is 8.78 Å². The minimum absolute atomic E-state index is 0.0522. The molecule has 0 aliphatic carbocycles. The number of nitrogens with zero attached hydrogens (tertiary/aromatic N) is 1. The highest BCUT2D eigenvalue weighted by atomic mass is 19.2. The van der Waals surface area contributed by atoms with Crippen LogP contribution in [0.1, 0.15) is 18.4 Å². The van der Waals surface area contributed by atoms with E-state index in [0.717, 1.165) is 32.0 Å². The molecule has 1 amide bonds. The van der Waals surface area contributed by atoms with E-state index in [1.807, 2.05) is 0 Å². The van der Waals surface area contributed by atoms with Gasteiger partial charge in [0.2, 0.25) is 5.91 Å². The summed E-state index contributed by atoms with van der Waals surface area (Å²) in [5, 5.41) is 0. The number of carbonyl (C=O) groups excluding carboxylic acids is 1. The monoisotopic (exact) mass is 268 g/mol. The van der Waals surface area contributed by atoms with E-state index in [2.05, 4.69) is 0 Å². The van der Waals surface area contributed by atoms with Crippen molar-refractivity contribution >= 4 is 5.91 Å². The first-order valence-electron chi connectivity index (χ1n) is 6.55. The Morgan fingerprint density at radius 2 is 2.00 bits per heavy atom. The van der Waals surface area contributed by atoms with Gasteiger partial charge < -0.3 is 10.6 Å². The predicted octanol–water partition coefficient (Wildman–Crippen LogP) is 1.70. The second-order valence-corrected chi connectivity index (χ2v) is 4.88. The van der Waals surface area contributed by atoms with Crippen molar-refractivity contribution in [1.29, 1.82) is 0 Å². The quantitative estimate of drug-likeness (QED) is 0.903. The normalized spacial score (nSPS) is 16.7. The lowest BCUT2D eigenvalue weighted by Crippen LogP contribution is -2.38. The number of carbonyl (C=O) groups is 1. The van der Waals surface area contributed by atoms with Crippen molar-refractivity contribution in [1.82, 2.24) is 4.90 Å². The number of benzene rings is 1. The Kier molecular flexibility index (Phi) is 4.47. The van der Waals surface area contributed by atoms with Crippen LogP contribution < -0.4 is 5.73 Å². The molecule has 3 nitrogen and oxygen atoms in total. The maximum absolute atomic E-state index is 13.6. The highest BCUT2D eigenvalue weighted by Crippen LogP contribution is 2.18. The Morgan fingerprint density at radius 3 is 2.63 bits per heavy atom. The zero-order valence-electron chi connectivity index (χ0n) is 10.7. The summed E-state index contributed by atoms with van der Waals surface area (Å²) < 4.78 is 26.7. The molecule has 1 atom stereocenters. The van der Waals surface area contributed by atoms with Gasteiger partial charge in [-0.15, -0.1) is 0 Å². The fraction of sp³-hybridized carbons (Fsp3) is 0.500. The van der Waals surface area contributed by atoms with Gasteiger partial charge in [-0.1, -0.05) is 12.1 Å². The van der Waals surface area contributed by atoms with Crippen LogP contribution in [-0.2, 0) is 11.2 Å². The first-order chi connectivity index (χ1) is 9.13. The molecule has 1 aromatic rings. The number of likely N-dealkylation sites (tertiary alicyclic amines) is 1. The summed E-state index contributed by atoms with van der Waals surface area (Å²) in [6, 6.07) is 4.01. The van der Waals surface area contributed by atoms with Gasteiger partial charge in [0.15, 0.2) is 11.6 Å². The minimum Gasteiger partial charge on any atom is -0.342 e. The van der Waals surface area contributed by atoms with E-state index >= 15 is 0 Å². The lowest BCUT2D eigenvalue weighted by Gasteiger charge is -2.22. The van der Waals surface area contributed by atoms with Crippen molar-refractivity contribution in [3.8, 4) is 0 Å². The van der Waals surface area contributed by atoms with Gasteiger partial charge in [0, 0.05) is 19.6 Å². The second kappa shape index (κ2) is 6.10. The number of halogens is 2. The summed E-state index contributed by atoms with van der Waals surface area (Å²) in [6.07, 6.45) is 2.14. The van der Waals surface area contributed by atoms with Crippen LogP contribution in [0.5, 0.6) is 0 Å². The van der Waals surface area contributed by atoms with Crippen molar-refractivity contribution in [2.24, 2.45) is 11.7 Å². The van der Waals surface area contributed by atoms with Crippen LogP contribution in [0.15, 0.2) is 18.2 Å². The SMILES string of the molecule is NCC(Cc1cccc(F)c1F)C(=O)N1CCCC1. The molecule has 0 radical (unpaired) electrons. The van der Waals surface area contributed by atoms with Crippen LogP contribution in [0, 0.1) is 17.6 Å². The van der Waals surface area contributed by atoms with Gasteiger partial charge in [0.25, 0.3) is 0 Å². The molecule has 0 spiro atoms. The highest BCUT2D eigenvalue weighted by Gasteiger charge is 2.26. The van der Waals surface area contributed by atoms with Crippen molar-refractivity contribution in [2.75, 3.05) is 19.6 Å². The zero-order valence-corrected chi connectivity index (χ0v) is 10.7. The molecule has 0 aromatic heterocycles. The third-order valence-electron chi connectivity index (χ3n) is 3.55. The summed E-state index contributed by atoms with van der Waals surface area (Å²) in [5.74, 6) is -2.30. The molecule has 1 aromatic carbocycles. The molecule has 1 fully saturated rings. The molecule has 1 heterocycles. The van der Waals surface area contributed by atoms with Crippen LogP contribution in [0.2, 0.25) is 0 Å². The highest BCUT2D eigenvalue weighted by molar-refractivity contribution is 5.79. The first-order valence-corrected chi connectivity index (χ1v) is 6.55. The smallest absolute Gasteiger partial charge is 0.227 e. The van der Waals surface area contributed by atoms with Crippen LogP contribution in [0.4, 0.5) is 8.78 Å². The maximum atomic E-state index is 13.6. The Labute approximate surface area is 111 Å². The molecule has 5 heteroatoms. The van der Waals surface area contributed by atoms with Gasteiger partial charge in [0.05, 0.1) is 5.92 Å². The van der Waals surface area contributed by atoms with Crippen LogP contribution in [0.25, 0.3) is 0 Å². The summed E-state index contributed by atoms with van der Waals surface area (Å²) in [7, 11) is 0. The molecule has 1 aliphatic heterocycles. The Morgan fingerprint density at radius 1 is 1.32 bits per heavy atom. The van der Waals surface area contributed by atoms with Crippen LogP contribution >= 0.6 is 0 Å². The van der Waals surface area contributed by atoms with Crippen molar-refractivity contribution in [3.05, 3.63) is 35.4 Å². The van der Waals surface area contributed by atoms with Crippen LogP contribution in [0.3, 0.4) is 0 Å². The maximum Gasteiger partial charge on any atom is 0.227 e. The molecular weight excluding hydrogens is 250 g/mol. The summed E-state index contributed by atoms with van der Waals surface area (Å²) in [6.45, 7) is 1.62. The van der Waals surface area contributed by atoms with Crippen molar-refractivity contribution in [3.63, 3.8) is 0 Å². The Hall–Kier alpha value is -1.49. The average Bonchev–Trinajstić information content (AvgIpc) is 2.94.